The Labute approximate surface area is 141 Å². The van der Waals surface area contributed by atoms with E-state index in [9.17, 15) is 14.4 Å². The van der Waals surface area contributed by atoms with Gasteiger partial charge in [-0.1, -0.05) is 0 Å². The molecule has 0 aliphatic carbocycles. The average Bonchev–Trinajstić information content (AvgIpc) is 2.60. The number of anilines is 1. The number of hydrogen-bond acceptors (Lipinski definition) is 5. The second-order valence-corrected chi connectivity index (χ2v) is 6.16. The fourth-order valence-electron chi connectivity index (χ4n) is 3.00. The van der Waals surface area contributed by atoms with Crippen LogP contribution < -0.4 is 21.5 Å². The zero-order valence-corrected chi connectivity index (χ0v) is 14.6. The summed E-state index contributed by atoms with van der Waals surface area (Å²) in [5.41, 5.74) is -0.692. The van der Waals surface area contributed by atoms with Crippen LogP contribution in [0.5, 0.6) is 0 Å². The fraction of sp³-hybridized carbons (Fsp3) is 0.688. The minimum Gasteiger partial charge on any atom is -0.385 e. The van der Waals surface area contributed by atoms with Crippen LogP contribution in [-0.4, -0.2) is 48.4 Å². The van der Waals surface area contributed by atoms with Crippen LogP contribution in [0.4, 0.5) is 5.82 Å². The van der Waals surface area contributed by atoms with Crippen molar-refractivity contribution in [2.45, 2.75) is 19.3 Å². The van der Waals surface area contributed by atoms with E-state index in [2.05, 4.69) is 5.32 Å². The molecular formula is C16H26N4O4. The summed E-state index contributed by atoms with van der Waals surface area (Å²) in [4.78, 5) is 38.2. The lowest BCUT2D eigenvalue weighted by Crippen LogP contribution is -2.46. The third-order valence-corrected chi connectivity index (χ3v) is 4.44. The molecule has 0 unspecified atom stereocenters. The van der Waals surface area contributed by atoms with E-state index in [0.717, 1.165) is 30.4 Å². The first-order valence-corrected chi connectivity index (χ1v) is 8.24. The Kier molecular flexibility index (Phi) is 6.19. The molecule has 1 amide bonds. The Balaban J connectivity index is 2.07. The molecule has 8 heteroatoms. The second kappa shape index (κ2) is 8.14. The molecular weight excluding hydrogens is 312 g/mol. The molecule has 0 radical (unpaired) electrons. The SMILES string of the molecule is COCCCNC(=O)[C@@H]1CCCN(c2cc(=O)n(C)c(=O)n2C)C1. The molecule has 1 aliphatic rings. The monoisotopic (exact) mass is 338 g/mol. The van der Waals surface area contributed by atoms with Crippen molar-refractivity contribution in [1.82, 2.24) is 14.5 Å². The summed E-state index contributed by atoms with van der Waals surface area (Å²) in [6.45, 7) is 2.45. The number of carbonyl (C=O) groups is 1. The molecule has 2 heterocycles. The molecule has 1 atom stereocenters. The zero-order chi connectivity index (χ0) is 17.7. The van der Waals surface area contributed by atoms with E-state index in [4.69, 9.17) is 4.74 Å². The lowest BCUT2D eigenvalue weighted by molar-refractivity contribution is -0.125. The smallest absolute Gasteiger partial charge is 0.332 e. The summed E-state index contributed by atoms with van der Waals surface area (Å²) in [7, 11) is 4.74. The largest absolute Gasteiger partial charge is 0.385 e. The Hall–Kier alpha value is -2.09. The minimum atomic E-state index is -0.358. The predicted octanol–water partition coefficient (Wildman–Crippen LogP) is -0.547. The van der Waals surface area contributed by atoms with Crippen molar-refractivity contribution in [1.29, 1.82) is 0 Å². The molecule has 0 bridgehead atoms. The number of hydrogen-bond donors (Lipinski definition) is 1. The molecule has 2 rings (SSSR count). The molecule has 1 saturated heterocycles. The van der Waals surface area contributed by atoms with Crippen molar-refractivity contribution in [3.05, 3.63) is 26.9 Å². The minimum absolute atomic E-state index is 0.0182. The molecule has 0 aromatic carbocycles. The Morgan fingerprint density at radius 1 is 1.33 bits per heavy atom. The standard InChI is InChI=1S/C16H26N4O4/c1-18-13(10-14(21)19(2)16(18)23)20-8-4-6-12(11-20)15(22)17-7-5-9-24-3/h10,12H,4-9,11H2,1-3H3,(H,17,22)/t12-/m1/s1. The topological polar surface area (TPSA) is 85.6 Å². The van der Waals surface area contributed by atoms with E-state index in [0.29, 0.717) is 25.5 Å². The summed E-state index contributed by atoms with van der Waals surface area (Å²) in [6, 6.07) is 1.46. The van der Waals surface area contributed by atoms with Gasteiger partial charge in [0.25, 0.3) is 5.56 Å². The van der Waals surface area contributed by atoms with Gasteiger partial charge in [-0.3, -0.25) is 18.7 Å². The second-order valence-electron chi connectivity index (χ2n) is 6.16. The van der Waals surface area contributed by atoms with E-state index < -0.39 is 0 Å². The molecule has 134 valence electrons. The van der Waals surface area contributed by atoms with Gasteiger partial charge in [-0.15, -0.1) is 0 Å². The number of methoxy groups -OCH3 is 1. The van der Waals surface area contributed by atoms with Crippen LogP contribution in [0.25, 0.3) is 0 Å². The van der Waals surface area contributed by atoms with Gasteiger partial charge in [0.15, 0.2) is 0 Å². The van der Waals surface area contributed by atoms with Gasteiger partial charge in [-0.25, -0.2) is 4.79 Å². The first-order valence-electron chi connectivity index (χ1n) is 8.24. The number of rotatable bonds is 6. The van der Waals surface area contributed by atoms with Gasteiger partial charge in [0.05, 0.1) is 5.92 Å². The van der Waals surface area contributed by atoms with Crippen LogP contribution in [0.3, 0.4) is 0 Å². The van der Waals surface area contributed by atoms with Gasteiger partial charge in [0.1, 0.15) is 5.82 Å². The maximum atomic E-state index is 12.3. The first kappa shape index (κ1) is 18.3. The average molecular weight is 338 g/mol. The number of aromatic nitrogens is 2. The number of amides is 1. The summed E-state index contributed by atoms with van der Waals surface area (Å²) in [5.74, 6) is 0.449. The number of carbonyl (C=O) groups excluding carboxylic acids is 1. The van der Waals surface area contributed by atoms with Crippen molar-refractivity contribution >= 4 is 11.7 Å². The third-order valence-electron chi connectivity index (χ3n) is 4.44. The predicted molar refractivity (Wildman–Crippen MR) is 91.4 cm³/mol. The summed E-state index contributed by atoms with van der Waals surface area (Å²) >= 11 is 0. The highest BCUT2D eigenvalue weighted by Gasteiger charge is 2.27. The molecule has 1 aromatic heterocycles. The fourth-order valence-corrected chi connectivity index (χ4v) is 3.00. The molecule has 24 heavy (non-hydrogen) atoms. The van der Waals surface area contributed by atoms with Crippen LogP contribution in [-0.2, 0) is 23.6 Å². The van der Waals surface area contributed by atoms with E-state index in [1.54, 1.807) is 14.2 Å². The van der Waals surface area contributed by atoms with Crippen LogP contribution in [0.2, 0.25) is 0 Å². The van der Waals surface area contributed by atoms with Gasteiger partial charge < -0.3 is 15.0 Å². The van der Waals surface area contributed by atoms with Gasteiger partial charge >= 0.3 is 5.69 Å². The molecule has 0 saturated carbocycles. The quantitative estimate of drug-likeness (QED) is 0.704. The van der Waals surface area contributed by atoms with Gasteiger partial charge in [-0.2, -0.15) is 0 Å². The first-order chi connectivity index (χ1) is 11.5. The van der Waals surface area contributed by atoms with E-state index >= 15 is 0 Å². The lowest BCUT2D eigenvalue weighted by Gasteiger charge is -2.34. The van der Waals surface area contributed by atoms with Crippen molar-refractivity contribution in [2.75, 3.05) is 38.3 Å². The number of piperidine rings is 1. The lowest BCUT2D eigenvalue weighted by atomic mass is 9.97. The maximum Gasteiger partial charge on any atom is 0.332 e. The molecule has 1 aromatic rings. The molecule has 1 aliphatic heterocycles. The highest BCUT2D eigenvalue weighted by molar-refractivity contribution is 5.79. The molecule has 0 spiro atoms. The van der Waals surface area contributed by atoms with E-state index in [1.807, 2.05) is 4.90 Å². The summed E-state index contributed by atoms with van der Waals surface area (Å²) in [6.07, 6.45) is 2.44. The third kappa shape index (κ3) is 4.05. The van der Waals surface area contributed by atoms with Crippen molar-refractivity contribution in [2.24, 2.45) is 20.0 Å². The number of nitrogens with one attached hydrogen (secondary N) is 1. The zero-order valence-electron chi connectivity index (χ0n) is 14.6. The number of ether oxygens (including phenoxy) is 1. The summed E-state index contributed by atoms with van der Waals surface area (Å²) < 4.78 is 7.50. The maximum absolute atomic E-state index is 12.3. The Morgan fingerprint density at radius 2 is 2.08 bits per heavy atom. The van der Waals surface area contributed by atoms with Gasteiger partial charge in [0.2, 0.25) is 5.91 Å². The Bertz CT molecular complexity index is 694. The van der Waals surface area contributed by atoms with E-state index in [1.165, 1.54) is 17.7 Å². The molecule has 1 fully saturated rings. The normalized spacial score (nSPS) is 17.8. The van der Waals surface area contributed by atoms with Crippen LogP contribution in [0.1, 0.15) is 19.3 Å². The van der Waals surface area contributed by atoms with Crippen molar-refractivity contribution in [3.63, 3.8) is 0 Å². The van der Waals surface area contributed by atoms with Crippen LogP contribution >= 0.6 is 0 Å². The van der Waals surface area contributed by atoms with Crippen molar-refractivity contribution in [3.8, 4) is 0 Å². The van der Waals surface area contributed by atoms with Crippen LogP contribution in [0, 0.1) is 5.92 Å². The van der Waals surface area contributed by atoms with Gasteiger partial charge in [-0.05, 0) is 19.3 Å². The van der Waals surface area contributed by atoms with Crippen molar-refractivity contribution < 1.29 is 9.53 Å². The Morgan fingerprint density at radius 3 is 2.79 bits per heavy atom. The van der Waals surface area contributed by atoms with Gasteiger partial charge in [0, 0.05) is 53.5 Å². The number of nitrogens with zero attached hydrogens (tertiary/aromatic N) is 3. The van der Waals surface area contributed by atoms with E-state index in [-0.39, 0.29) is 23.1 Å². The highest BCUT2D eigenvalue weighted by Crippen LogP contribution is 2.21. The van der Waals surface area contributed by atoms with Crippen LogP contribution in [0.15, 0.2) is 15.7 Å². The molecule has 8 nitrogen and oxygen atoms in total. The molecule has 1 N–H and O–H groups in total. The highest BCUT2D eigenvalue weighted by atomic mass is 16.5. The summed E-state index contributed by atoms with van der Waals surface area (Å²) in [5, 5.41) is 2.93.